The zero-order valence-corrected chi connectivity index (χ0v) is 24.2. The maximum Gasteiger partial charge on any atom is 0.227 e. The largest absolute Gasteiger partial charge is 0.477 e. The van der Waals surface area contributed by atoms with E-state index < -0.39 is 0 Å². The Labute approximate surface area is 247 Å². The molecular weight excluding hydrogens is 538 g/mol. The number of piperazine rings is 1. The first-order chi connectivity index (χ1) is 20.2. The highest BCUT2D eigenvalue weighted by atomic mass is 35.5. The zero-order chi connectivity index (χ0) is 27.9. The number of nitrogens with zero attached hydrogens (tertiary/aromatic N) is 6. The lowest BCUT2D eigenvalue weighted by molar-refractivity contribution is 0.148. The van der Waals surface area contributed by atoms with Gasteiger partial charge in [0, 0.05) is 74.0 Å². The first-order valence-electron chi connectivity index (χ1n) is 14.7. The molecule has 3 aromatic rings. The van der Waals surface area contributed by atoms with Crippen LogP contribution in [0, 0.1) is 0 Å². The highest BCUT2D eigenvalue weighted by Crippen LogP contribution is 2.31. The number of benzene rings is 1. The van der Waals surface area contributed by atoms with Crippen LogP contribution in [0.3, 0.4) is 0 Å². The van der Waals surface area contributed by atoms with Gasteiger partial charge in [-0.3, -0.25) is 4.90 Å². The minimum Gasteiger partial charge on any atom is -0.477 e. The molecule has 5 heterocycles. The molecule has 2 saturated heterocycles. The molecule has 10 heteroatoms. The molecule has 0 saturated carbocycles. The van der Waals surface area contributed by atoms with Crippen LogP contribution in [-0.2, 0) is 11.3 Å². The number of hydrogen-bond acceptors (Lipinski definition) is 9. The number of rotatable bonds is 4. The van der Waals surface area contributed by atoms with Gasteiger partial charge >= 0.3 is 0 Å². The van der Waals surface area contributed by atoms with Crippen molar-refractivity contribution in [3.8, 4) is 17.1 Å². The maximum atomic E-state index is 6.51. The molecule has 0 spiro atoms. The highest BCUT2D eigenvalue weighted by Gasteiger charge is 2.21. The summed E-state index contributed by atoms with van der Waals surface area (Å²) < 4.78 is 12.0. The van der Waals surface area contributed by atoms with E-state index in [0.29, 0.717) is 42.4 Å². The predicted octanol–water partition coefficient (Wildman–Crippen LogP) is 5.01. The van der Waals surface area contributed by atoms with Gasteiger partial charge in [-0.05, 0) is 56.6 Å². The molecule has 6 rings (SSSR count). The predicted molar refractivity (Wildman–Crippen MR) is 163 cm³/mol. The van der Waals surface area contributed by atoms with Crippen LogP contribution < -0.4 is 15.0 Å². The van der Waals surface area contributed by atoms with E-state index in [9.17, 15) is 0 Å². The molecule has 2 fully saturated rings. The number of nitrogens with one attached hydrogen (secondary N) is 1. The van der Waals surface area contributed by atoms with Crippen molar-refractivity contribution in [2.24, 2.45) is 0 Å². The normalized spacial score (nSPS) is 19.6. The Balaban J connectivity index is 1.20. The lowest BCUT2D eigenvalue weighted by Gasteiger charge is -2.37. The summed E-state index contributed by atoms with van der Waals surface area (Å²) in [6.45, 7) is 10.6. The summed E-state index contributed by atoms with van der Waals surface area (Å²) in [5.41, 5.74) is 4.72. The van der Waals surface area contributed by atoms with E-state index in [1.165, 1.54) is 38.2 Å². The van der Waals surface area contributed by atoms with Crippen LogP contribution in [-0.4, -0.2) is 90.3 Å². The third kappa shape index (κ3) is 7.35. The molecule has 1 aromatic carbocycles. The molecule has 3 aliphatic rings. The van der Waals surface area contributed by atoms with Gasteiger partial charge in [-0.15, -0.1) is 0 Å². The van der Waals surface area contributed by atoms with Crippen LogP contribution >= 0.6 is 11.6 Å². The first-order valence-corrected chi connectivity index (χ1v) is 15.0. The summed E-state index contributed by atoms with van der Waals surface area (Å²) in [6.07, 6.45) is 10.9. The number of hydrogen-bond donors (Lipinski definition) is 1. The van der Waals surface area contributed by atoms with Gasteiger partial charge in [0.1, 0.15) is 0 Å². The molecule has 2 aromatic heterocycles. The Morgan fingerprint density at radius 1 is 0.902 bits per heavy atom. The van der Waals surface area contributed by atoms with E-state index in [2.05, 4.69) is 60.3 Å². The second-order valence-corrected chi connectivity index (χ2v) is 11.1. The van der Waals surface area contributed by atoms with Crippen molar-refractivity contribution < 1.29 is 9.47 Å². The van der Waals surface area contributed by atoms with Crippen LogP contribution in [0.1, 0.15) is 24.8 Å². The molecule has 41 heavy (non-hydrogen) atoms. The zero-order valence-electron chi connectivity index (χ0n) is 23.5. The average molecular weight is 576 g/mol. The first kappa shape index (κ1) is 27.9. The smallest absolute Gasteiger partial charge is 0.227 e. The van der Waals surface area contributed by atoms with E-state index in [-0.39, 0.29) is 0 Å². The topological polar surface area (TPSA) is 78.9 Å². The van der Waals surface area contributed by atoms with Crippen molar-refractivity contribution >= 4 is 28.9 Å². The Kier molecular flexibility index (Phi) is 9.27. The lowest BCUT2D eigenvalue weighted by atomic mass is 10.1. The number of likely N-dealkylation sites (tertiary alicyclic amines) is 1. The quantitative estimate of drug-likeness (QED) is 0.432. The Bertz CT molecular complexity index is 1340. The van der Waals surface area contributed by atoms with Crippen LogP contribution in [0.4, 0.5) is 17.3 Å². The third-order valence-corrected chi connectivity index (χ3v) is 8.18. The summed E-state index contributed by atoms with van der Waals surface area (Å²) in [5.74, 6) is 1.00. The van der Waals surface area contributed by atoms with Gasteiger partial charge < -0.3 is 24.6 Å². The summed E-state index contributed by atoms with van der Waals surface area (Å²) in [4.78, 5) is 21.2. The molecule has 216 valence electrons. The standard InChI is InChI=1S/C31H38ClN7O2/c32-27-22-34-31-35-26-6-7-28(39-16-14-38(15-17-39)13-12-37-10-2-3-11-37)25(20-26)23-40-18-4-1-5-19-41-29-21-24(8-9-33-29)30(27)36-31/h1,4,6-9,20-22H,2-3,5,10-19,23H2,(H,34,35,36)/b4-1+. The minimum atomic E-state index is 0.467. The minimum absolute atomic E-state index is 0.467. The van der Waals surface area contributed by atoms with Gasteiger partial charge in [-0.25, -0.2) is 15.0 Å². The van der Waals surface area contributed by atoms with Crippen molar-refractivity contribution in [3.63, 3.8) is 0 Å². The van der Waals surface area contributed by atoms with E-state index in [4.69, 9.17) is 26.1 Å². The number of halogens is 1. The number of ether oxygens (including phenoxy) is 2. The fraction of sp³-hybridized carbons (Fsp3) is 0.452. The summed E-state index contributed by atoms with van der Waals surface area (Å²) >= 11 is 6.51. The van der Waals surface area contributed by atoms with Crippen LogP contribution in [0.2, 0.25) is 5.02 Å². The van der Waals surface area contributed by atoms with E-state index in [1.807, 2.05) is 12.1 Å². The van der Waals surface area contributed by atoms with Crippen LogP contribution in [0.15, 0.2) is 54.9 Å². The monoisotopic (exact) mass is 575 g/mol. The summed E-state index contributed by atoms with van der Waals surface area (Å²) in [5, 5.41) is 3.84. The Morgan fingerprint density at radius 2 is 1.73 bits per heavy atom. The molecule has 9 nitrogen and oxygen atoms in total. The molecule has 0 aliphatic carbocycles. The van der Waals surface area contributed by atoms with Gasteiger partial charge in [-0.1, -0.05) is 23.8 Å². The number of anilines is 3. The number of pyridine rings is 1. The summed E-state index contributed by atoms with van der Waals surface area (Å²) in [7, 11) is 0. The molecule has 3 aliphatic heterocycles. The van der Waals surface area contributed by atoms with E-state index in [0.717, 1.165) is 56.0 Å². The van der Waals surface area contributed by atoms with Gasteiger partial charge in [0.15, 0.2) is 0 Å². The van der Waals surface area contributed by atoms with Crippen molar-refractivity contribution in [2.45, 2.75) is 25.9 Å². The third-order valence-electron chi connectivity index (χ3n) is 7.90. The van der Waals surface area contributed by atoms with Crippen molar-refractivity contribution in [1.29, 1.82) is 0 Å². The van der Waals surface area contributed by atoms with Crippen molar-refractivity contribution in [1.82, 2.24) is 24.8 Å². The van der Waals surface area contributed by atoms with Crippen molar-refractivity contribution in [3.05, 3.63) is 65.5 Å². The van der Waals surface area contributed by atoms with E-state index >= 15 is 0 Å². The fourth-order valence-electron chi connectivity index (χ4n) is 5.64. The van der Waals surface area contributed by atoms with Crippen LogP contribution in [0.5, 0.6) is 5.88 Å². The molecule has 0 atom stereocenters. The molecule has 0 unspecified atom stereocenters. The molecule has 0 amide bonds. The number of aromatic nitrogens is 3. The van der Waals surface area contributed by atoms with Gasteiger partial charge in [0.2, 0.25) is 11.8 Å². The van der Waals surface area contributed by atoms with E-state index in [1.54, 1.807) is 12.4 Å². The molecule has 1 N–H and O–H groups in total. The Hall–Kier alpha value is -3.24. The average Bonchev–Trinajstić information content (AvgIpc) is 3.53. The highest BCUT2D eigenvalue weighted by molar-refractivity contribution is 6.32. The lowest BCUT2D eigenvalue weighted by Crippen LogP contribution is -2.48. The van der Waals surface area contributed by atoms with Gasteiger partial charge in [0.05, 0.1) is 36.7 Å². The number of fused-ring (bicyclic) bond motifs is 7. The Morgan fingerprint density at radius 3 is 2.59 bits per heavy atom. The SMILES string of the molecule is Clc1cnc2nc1-c1ccnc(c1)OCC/C=C/COCc1cc(ccc1N1CCN(CCN3CCCC3)CC1)N2. The maximum absolute atomic E-state index is 6.51. The van der Waals surface area contributed by atoms with Crippen LogP contribution in [0.25, 0.3) is 11.3 Å². The second kappa shape index (κ2) is 13.6. The van der Waals surface area contributed by atoms with Gasteiger partial charge in [-0.2, -0.15) is 0 Å². The fourth-order valence-corrected chi connectivity index (χ4v) is 5.84. The summed E-state index contributed by atoms with van der Waals surface area (Å²) in [6, 6.07) is 10.2. The molecule has 6 bridgehead atoms. The second-order valence-electron chi connectivity index (χ2n) is 10.7. The van der Waals surface area contributed by atoms with Crippen molar-refractivity contribution in [2.75, 3.05) is 75.8 Å². The molecular formula is C31H38ClN7O2. The molecule has 0 radical (unpaired) electrons. The van der Waals surface area contributed by atoms with Gasteiger partial charge in [0.25, 0.3) is 0 Å².